The molecule has 2 aromatic rings. The monoisotopic (exact) mass is 311 g/mol. The first kappa shape index (κ1) is 17.7. The topological polar surface area (TPSA) is 57.0 Å². The van der Waals surface area contributed by atoms with Gasteiger partial charge in [-0.2, -0.15) is 13.2 Å². The zero-order valence-corrected chi connectivity index (χ0v) is 12.0. The summed E-state index contributed by atoms with van der Waals surface area (Å²) in [4.78, 5) is 9.18. The number of nitrogens with zero attached hydrogens (tertiary/aromatic N) is 3. The van der Waals surface area contributed by atoms with Crippen molar-refractivity contribution in [3.63, 3.8) is 0 Å². The number of benzene rings is 1. The van der Waals surface area contributed by atoms with Crippen molar-refractivity contribution in [1.82, 2.24) is 15.0 Å². The quantitative estimate of drug-likeness (QED) is 0.638. The van der Waals surface area contributed by atoms with Gasteiger partial charge in [0.05, 0.1) is 18.0 Å². The number of hydrogen-bond acceptors (Lipinski definition) is 4. The van der Waals surface area contributed by atoms with Crippen LogP contribution in [-0.4, -0.2) is 35.9 Å². The van der Waals surface area contributed by atoms with Crippen LogP contribution in [0.5, 0.6) is 0 Å². The lowest BCUT2D eigenvalue weighted by atomic mass is 9.96. The lowest BCUT2D eigenvalue weighted by Gasteiger charge is -2.10. The fraction of sp³-hybridized carbons (Fsp3) is 0.308. The van der Waals surface area contributed by atoms with Crippen LogP contribution in [0.3, 0.4) is 0 Å². The van der Waals surface area contributed by atoms with Gasteiger partial charge in [-0.25, -0.2) is 4.68 Å². The van der Waals surface area contributed by atoms with Gasteiger partial charge in [0.15, 0.2) is 5.69 Å². The Morgan fingerprint density at radius 3 is 2.32 bits per heavy atom. The Kier molecular flexibility index (Phi) is 6.15. The molecule has 5 nitrogen and oxygen atoms in total. The molecule has 0 unspecified atom stereocenters. The molecular weight excluding hydrogens is 298 g/mol. The summed E-state index contributed by atoms with van der Waals surface area (Å²) in [5.41, 5.74) is -0.289. The number of aryl methyl sites for hydroxylation is 1. The van der Waals surface area contributed by atoms with Crippen LogP contribution >= 0.6 is 0 Å². The average Bonchev–Trinajstić information content (AvgIpc) is 2.83. The first-order valence-electron chi connectivity index (χ1n) is 6.21. The lowest BCUT2D eigenvalue weighted by molar-refractivity contribution is -0.143. The van der Waals surface area contributed by atoms with Crippen LogP contribution in [0.4, 0.5) is 13.2 Å². The molecule has 0 spiro atoms. The van der Waals surface area contributed by atoms with Gasteiger partial charge in [0.25, 0.3) is 6.47 Å². The predicted octanol–water partition coefficient (Wildman–Crippen LogP) is 1.57. The molecule has 116 valence electrons. The second-order valence-electron chi connectivity index (χ2n) is 4.08. The molecule has 22 heavy (non-hydrogen) atoms. The smallest absolute Gasteiger partial charge is 0.435 e. The average molecular weight is 311 g/mol. The minimum Gasteiger partial charge on any atom is -0.468 e. The molecule has 0 bridgehead atoms. The number of hydrogen-bond donors (Lipinski definition) is 0. The van der Waals surface area contributed by atoms with Crippen LogP contribution in [0.1, 0.15) is 18.3 Å². The SMILES string of the molecule is CCOC=O.[B]c1ccc(-n2nnc(C)c2C(F)(F)F)cc1. The highest BCUT2D eigenvalue weighted by Gasteiger charge is 2.38. The molecule has 0 saturated heterocycles. The van der Waals surface area contributed by atoms with Crippen molar-refractivity contribution in [2.45, 2.75) is 20.0 Å². The summed E-state index contributed by atoms with van der Waals surface area (Å²) in [5.74, 6) is 0. The Bertz CT molecular complexity index is 612. The van der Waals surface area contributed by atoms with Gasteiger partial charge in [0.1, 0.15) is 7.85 Å². The molecule has 1 heterocycles. The van der Waals surface area contributed by atoms with Gasteiger partial charge in [0, 0.05) is 0 Å². The molecule has 0 fully saturated rings. The van der Waals surface area contributed by atoms with E-state index in [0.717, 1.165) is 4.68 Å². The summed E-state index contributed by atoms with van der Waals surface area (Å²) in [7, 11) is 5.47. The fourth-order valence-electron chi connectivity index (χ4n) is 1.55. The Balaban J connectivity index is 0.000000422. The normalized spacial score (nSPS) is 10.6. The standard InChI is InChI=1S/C10H7BF3N3.C3H6O2/c1-6-9(10(12,13)14)17(16-15-6)8-4-2-7(11)3-5-8;1-2-5-3-4/h2-5H,1H3;3H,2H2,1H3. The molecule has 0 atom stereocenters. The molecule has 0 aliphatic heterocycles. The van der Waals surface area contributed by atoms with Gasteiger partial charge < -0.3 is 4.74 Å². The molecular formula is C13H13BF3N3O2. The maximum atomic E-state index is 12.8. The van der Waals surface area contributed by atoms with Crippen LogP contribution < -0.4 is 5.46 Å². The maximum Gasteiger partial charge on any atom is 0.435 e. The largest absolute Gasteiger partial charge is 0.468 e. The van der Waals surface area contributed by atoms with Gasteiger partial charge in [-0.1, -0.05) is 22.8 Å². The second-order valence-corrected chi connectivity index (χ2v) is 4.08. The first-order chi connectivity index (χ1) is 10.3. The van der Waals surface area contributed by atoms with E-state index in [0.29, 0.717) is 18.5 Å². The van der Waals surface area contributed by atoms with E-state index in [1.54, 1.807) is 6.92 Å². The van der Waals surface area contributed by atoms with Crippen molar-refractivity contribution in [3.8, 4) is 5.69 Å². The summed E-state index contributed by atoms with van der Waals surface area (Å²) >= 11 is 0. The summed E-state index contributed by atoms with van der Waals surface area (Å²) < 4.78 is 43.3. The molecule has 9 heteroatoms. The molecule has 0 aliphatic carbocycles. The molecule has 1 aromatic carbocycles. The minimum atomic E-state index is -4.49. The van der Waals surface area contributed by atoms with E-state index in [1.165, 1.54) is 31.2 Å². The van der Waals surface area contributed by atoms with Gasteiger partial charge in [0.2, 0.25) is 0 Å². The highest BCUT2D eigenvalue weighted by Crippen LogP contribution is 2.32. The highest BCUT2D eigenvalue weighted by atomic mass is 19.4. The Morgan fingerprint density at radius 2 is 1.91 bits per heavy atom. The highest BCUT2D eigenvalue weighted by molar-refractivity contribution is 6.32. The van der Waals surface area contributed by atoms with E-state index >= 15 is 0 Å². The third kappa shape index (κ3) is 4.61. The van der Waals surface area contributed by atoms with Gasteiger partial charge >= 0.3 is 6.18 Å². The minimum absolute atomic E-state index is 0.158. The van der Waals surface area contributed by atoms with Crippen molar-refractivity contribution in [3.05, 3.63) is 35.7 Å². The lowest BCUT2D eigenvalue weighted by Crippen LogP contribution is -2.15. The van der Waals surface area contributed by atoms with E-state index in [2.05, 4.69) is 15.0 Å². The van der Waals surface area contributed by atoms with E-state index in [9.17, 15) is 18.0 Å². The molecule has 0 aliphatic rings. The second kappa shape index (κ2) is 7.62. The third-order valence-electron chi connectivity index (χ3n) is 2.48. The zero-order valence-electron chi connectivity index (χ0n) is 12.0. The molecule has 1 aromatic heterocycles. The number of carbonyl (C=O) groups is 1. The summed E-state index contributed by atoms with van der Waals surface area (Å²) in [5, 5.41) is 6.93. The summed E-state index contributed by atoms with van der Waals surface area (Å²) in [6.07, 6.45) is -4.49. The van der Waals surface area contributed by atoms with E-state index in [1.807, 2.05) is 0 Å². The first-order valence-corrected chi connectivity index (χ1v) is 6.21. The molecule has 2 rings (SSSR count). The van der Waals surface area contributed by atoms with E-state index in [-0.39, 0.29) is 11.4 Å². The van der Waals surface area contributed by atoms with Crippen molar-refractivity contribution in [2.24, 2.45) is 0 Å². The number of rotatable bonds is 3. The number of halogens is 3. The van der Waals surface area contributed by atoms with Crippen LogP contribution in [0.15, 0.2) is 24.3 Å². The fourth-order valence-corrected chi connectivity index (χ4v) is 1.55. The maximum absolute atomic E-state index is 12.8. The van der Waals surface area contributed by atoms with Gasteiger partial charge in [-0.3, -0.25) is 4.79 Å². The van der Waals surface area contributed by atoms with Gasteiger partial charge in [-0.15, -0.1) is 5.10 Å². The summed E-state index contributed by atoms with van der Waals surface area (Å²) in [6, 6.07) is 5.93. The number of ether oxygens (including phenoxy) is 1. The predicted molar refractivity (Wildman–Crippen MR) is 74.2 cm³/mol. The van der Waals surface area contributed by atoms with Crippen LogP contribution in [0.2, 0.25) is 0 Å². The van der Waals surface area contributed by atoms with Crippen LogP contribution in [0, 0.1) is 6.92 Å². The third-order valence-corrected chi connectivity index (χ3v) is 2.48. The van der Waals surface area contributed by atoms with Crippen molar-refractivity contribution >= 4 is 19.8 Å². The van der Waals surface area contributed by atoms with Crippen LogP contribution in [0.25, 0.3) is 5.69 Å². The Hall–Kier alpha value is -2.32. The molecule has 0 N–H and O–H groups in total. The zero-order chi connectivity index (χ0) is 16.8. The summed E-state index contributed by atoms with van der Waals surface area (Å²) in [6.45, 7) is 3.93. The number of carbonyl (C=O) groups excluding carboxylic acids is 1. The Labute approximate surface area is 126 Å². The van der Waals surface area contributed by atoms with Crippen molar-refractivity contribution in [2.75, 3.05) is 6.61 Å². The number of alkyl halides is 3. The van der Waals surface area contributed by atoms with Crippen molar-refractivity contribution < 1.29 is 22.7 Å². The molecule has 2 radical (unpaired) electrons. The molecule has 0 saturated carbocycles. The Morgan fingerprint density at radius 1 is 1.32 bits per heavy atom. The van der Waals surface area contributed by atoms with Gasteiger partial charge in [-0.05, 0) is 26.0 Å². The molecule has 0 amide bonds. The van der Waals surface area contributed by atoms with E-state index in [4.69, 9.17) is 7.85 Å². The van der Waals surface area contributed by atoms with E-state index < -0.39 is 11.9 Å². The van der Waals surface area contributed by atoms with Crippen LogP contribution in [-0.2, 0) is 15.7 Å². The number of aromatic nitrogens is 3. The van der Waals surface area contributed by atoms with Crippen molar-refractivity contribution in [1.29, 1.82) is 0 Å².